The molecule has 1 aliphatic heterocycles. The van der Waals surface area contributed by atoms with Crippen molar-refractivity contribution >= 4 is 11.6 Å². The van der Waals surface area contributed by atoms with E-state index >= 15 is 0 Å². The molecule has 0 spiro atoms. The summed E-state index contributed by atoms with van der Waals surface area (Å²) < 4.78 is 12.2. The standard InChI is InChI=1S/C24H32O4/c1-23-11-10-20-18(19(23)7-8-21(23)26)6-5-16-14-17(25)9-12-24(16,20)15-28-22-4-2-3-13-27-22/h5,9,12,18-20,22H,2-4,6-8,10-11,13-15H2,1H3/t18-,19-,20-,22?,23-,24+/m0/s1. The zero-order chi connectivity index (χ0) is 19.4. The Morgan fingerprint density at radius 2 is 2.07 bits per heavy atom. The molecule has 0 amide bonds. The Morgan fingerprint density at radius 3 is 2.89 bits per heavy atom. The van der Waals surface area contributed by atoms with Crippen LogP contribution in [-0.4, -0.2) is 31.1 Å². The first-order chi connectivity index (χ1) is 13.5. The smallest absolute Gasteiger partial charge is 0.159 e. The number of allylic oxidation sites excluding steroid dienone is 2. The number of hydrogen-bond acceptors (Lipinski definition) is 4. The van der Waals surface area contributed by atoms with Gasteiger partial charge in [0.05, 0.1) is 6.61 Å². The Balaban J connectivity index is 1.46. The zero-order valence-corrected chi connectivity index (χ0v) is 17.0. The van der Waals surface area contributed by atoms with Crippen molar-refractivity contribution in [2.75, 3.05) is 13.2 Å². The van der Waals surface area contributed by atoms with Crippen LogP contribution in [0.1, 0.15) is 64.7 Å². The molecule has 0 bridgehead atoms. The molecule has 1 heterocycles. The van der Waals surface area contributed by atoms with Gasteiger partial charge in [-0.1, -0.05) is 24.6 Å². The molecule has 4 heteroatoms. The van der Waals surface area contributed by atoms with E-state index in [4.69, 9.17) is 9.47 Å². The molecule has 1 saturated heterocycles. The van der Waals surface area contributed by atoms with Gasteiger partial charge in [-0.15, -0.1) is 0 Å². The van der Waals surface area contributed by atoms with Gasteiger partial charge < -0.3 is 9.47 Å². The Hall–Kier alpha value is -1.26. The van der Waals surface area contributed by atoms with Crippen LogP contribution in [0, 0.1) is 28.6 Å². The number of fused-ring (bicyclic) bond motifs is 5. The van der Waals surface area contributed by atoms with E-state index in [-0.39, 0.29) is 22.9 Å². The van der Waals surface area contributed by atoms with Crippen LogP contribution < -0.4 is 0 Å². The normalized spacial score (nSPS) is 45.2. The van der Waals surface area contributed by atoms with E-state index in [1.54, 1.807) is 6.08 Å². The van der Waals surface area contributed by atoms with E-state index in [9.17, 15) is 9.59 Å². The van der Waals surface area contributed by atoms with E-state index in [0.29, 0.717) is 36.6 Å². The monoisotopic (exact) mass is 384 g/mol. The average molecular weight is 385 g/mol. The maximum absolute atomic E-state index is 12.6. The van der Waals surface area contributed by atoms with Crippen LogP contribution in [0.15, 0.2) is 23.8 Å². The first-order valence-electron chi connectivity index (χ1n) is 11.2. The Kier molecular flexibility index (Phi) is 4.63. The number of carbonyl (C=O) groups excluding carboxylic acids is 2. The predicted octanol–water partition coefficient (Wildman–Crippen LogP) is 4.39. The van der Waals surface area contributed by atoms with Gasteiger partial charge in [0, 0.05) is 30.3 Å². The van der Waals surface area contributed by atoms with Crippen molar-refractivity contribution in [3.8, 4) is 0 Å². The fraction of sp³-hybridized carbons (Fsp3) is 0.750. The fourth-order valence-corrected chi connectivity index (χ4v) is 7.01. The van der Waals surface area contributed by atoms with Gasteiger partial charge in [-0.3, -0.25) is 9.59 Å². The van der Waals surface area contributed by atoms with Crippen LogP contribution in [0.25, 0.3) is 0 Å². The maximum Gasteiger partial charge on any atom is 0.159 e. The van der Waals surface area contributed by atoms with Crippen molar-refractivity contribution in [1.29, 1.82) is 0 Å². The summed E-state index contributed by atoms with van der Waals surface area (Å²) in [6.45, 7) is 3.59. The molecule has 3 fully saturated rings. The molecule has 5 rings (SSSR count). The molecule has 0 radical (unpaired) electrons. The molecule has 0 aromatic rings. The van der Waals surface area contributed by atoms with E-state index in [1.807, 2.05) is 0 Å². The molecular weight excluding hydrogens is 352 g/mol. The topological polar surface area (TPSA) is 52.6 Å². The average Bonchev–Trinajstić information content (AvgIpc) is 3.02. The van der Waals surface area contributed by atoms with Gasteiger partial charge in [0.2, 0.25) is 0 Å². The second kappa shape index (κ2) is 6.91. The lowest BCUT2D eigenvalue weighted by Gasteiger charge is -2.55. The number of rotatable bonds is 3. The van der Waals surface area contributed by atoms with Gasteiger partial charge in [0.25, 0.3) is 0 Å². The van der Waals surface area contributed by atoms with Crippen LogP contribution in [-0.2, 0) is 19.1 Å². The minimum Gasteiger partial charge on any atom is -0.353 e. The third-order valence-electron chi connectivity index (χ3n) is 8.62. The molecule has 4 aliphatic carbocycles. The minimum absolute atomic E-state index is 0.113. The van der Waals surface area contributed by atoms with Gasteiger partial charge in [-0.25, -0.2) is 0 Å². The van der Waals surface area contributed by atoms with Gasteiger partial charge in [-0.2, -0.15) is 0 Å². The molecule has 0 aromatic heterocycles. The highest BCUT2D eigenvalue weighted by Crippen LogP contribution is 2.63. The summed E-state index contributed by atoms with van der Waals surface area (Å²) in [4.78, 5) is 24.8. The van der Waals surface area contributed by atoms with Crippen LogP contribution in [0.5, 0.6) is 0 Å². The molecule has 4 nitrogen and oxygen atoms in total. The largest absolute Gasteiger partial charge is 0.353 e. The SMILES string of the molecule is C[C@]12CC[C@H]3[C@@H](CC=C4CC(=O)C=C[C@@]43COC3CCCCO3)[C@@H]1CCC2=O. The molecule has 0 aromatic carbocycles. The highest BCUT2D eigenvalue weighted by Gasteiger charge is 2.59. The summed E-state index contributed by atoms with van der Waals surface area (Å²) in [6.07, 6.45) is 14.7. The van der Waals surface area contributed by atoms with Gasteiger partial charge in [-0.05, 0) is 68.8 Å². The third kappa shape index (κ3) is 2.79. The van der Waals surface area contributed by atoms with Gasteiger partial charge >= 0.3 is 0 Å². The summed E-state index contributed by atoms with van der Waals surface area (Å²) >= 11 is 0. The number of carbonyl (C=O) groups is 2. The lowest BCUT2D eigenvalue weighted by Crippen LogP contribution is -2.52. The molecule has 5 aliphatic rings. The van der Waals surface area contributed by atoms with Gasteiger partial charge in [0.15, 0.2) is 12.1 Å². The summed E-state index contributed by atoms with van der Waals surface area (Å²) in [7, 11) is 0. The predicted molar refractivity (Wildman–Crippen MR) is 105 cm³/mol. The van der Waals surface area contributed by atoms with Crippen LogP contribution in [0.2, 0.25) is 0 Å². The summed E-state index contributed by atoms with van der Waals surface area (Å²) in [5.41, 5.74) is 0.935. The third-order valence-corrected chi connectivity index (χ3v) is 8.62. The highest BCUT2D eigenvalue weighted by atomic mass is 16.7. The van der Waals surface area contributed by atoms with Gasteiger partial charge in [0.1, 0.15) is 5.78 Å². The second-order valence-corrected chi connectivity index (χ2v) is 9.88. The first kappa shape index (κ1) is 18.7. The number of ether oxygens (including phenoxy) is 2. The second-order valence-electron chi connectivity index (χ2n) is 9.88. The number of hydrogen-bond donors (Lipinski definition) is 0. The maximum atomic E-state index is 12.6. The van der Waals surface area contributed by atoms with E-state index in [1.165, 1.54) is 5.57 Å². The van der Waals surface area contributed by atoms with Crippen molar-refractivity contribution in [2.45, 2.75) is 71.0 Å². The number of ketones is 2. The van der Waals surface area contributed by atoms with Crippen LogP contribution in [0.4, 0.5) is 0 Å². The Labute approximate surface area is 167 Å². The van der Waals surface area contributed by atoms with E-state index in [0.717, 1.165) is 58.0 Å². The molecule has 2 saturated carbocycles. The summed E-state index contributed by atoms with van der Waals surface area (Å²) in [6, 6.07) is 0. The van der Waals surface area contributed by atoms with E-state index < -0.39 is 0 Å². The molecule has 0 N–H and O–H groups in total. The van der Waals surface area contributed by atoms with Crippen molar-refractivity contribution in [3.63, 3.8) is 0 Å². The summed E-state index contributed by atoms with van der Waals surface area (Å²) in [5.74, 6) is 2.13. The van der Waals surface area contributed by atoms with Crippen molar-refractivity contribution in [2.24, 2.45) is 28.6 Å². The fourth-order valence-electron chi connectivity index (χ4n) is 7.01. The molecule has 28 heavy (non-hydrogen) atoms. The van der Waals surface area contributed by atoms with E-state index in [2.05, 4.69) is 19.1 Å². The highest BCUT2D eigenvalue weighted by molar-refractivity contribution is 5.93. The summed E-state index contributed by atoms with van der Waals surface area (Å²) in [5, 5.41) is 0. The number of Topliss-reactive ketones (excluding diaryl/α,β-unsaturated/α-hetero) is 1. The Morgan fingerprint density at radius 1 is 1.18 bits per heavy atom. The van der Waals surface area contributed by atoms with Crippen LogP contribution in [0.3, 0.4) is 0 Å². The Bertz CT molecular complexity index is 731. The quantitative estimate of drug-likeness (QED) is 0.677. The molecule has 1 unspecified atom stereocenters. The first-order valence-corrected chi connectivity index (χ1v) is 11.2. The molecule has 6 atom stereocenters. The zero-order valence-electron chi connectivity index (χ0n) is 17.0. The minimum atomic E-state index is -0.190. The van der Waals surface area contributed by atoms with Crippen LogP contribution >= 0.6 is 0 Å². The lowest BCUT2D eigenvalue weighted by atomic mass is 9.49. The van der Waals surface area contributed by atoms with Crippen molar-refractivity contribution in [1.82, 2.24) is 0 Å². The lowest BCUT2D eigenvalue weighted by molar-refractivity contribution is -0.182. The molecular formula is C24H32O4. The molecule has 152 valence electrons. The van der Waals surface area contributed by atoms with Crippen molar-refractivity contribution in [3.05, 3.63) is 23.8 Å². The van der Waals surface area contributed by atoms with Crippen molar-refractivity contribution < 1.29 is 19.1 Å².